The predicted octanol–water partition coefficient (Wildman–Crippen LogP) is 23.1. The van der Waals surface area contributed by atoms with Crippen LogP contribution in [-0.2, 0) is 33.2 Å². The largest absolute Gasteiger partial charge is 0.353 e. The molecule has 0 heterocycles. The molecule has 0 saturated heterocycles. The highest BCUT2D eigenvalue weighted by Crippen LogP contribution is 2.19. The van der Waals surface area contributed by atoms with Gasteiger partial charge >= 0.3 is 0 Å². The van der Waals surface area contributed by atoms with Gasteiger partial charge in [-0.1, -0.05) is 285 Å². The molecule has 0 amide bonds. The lowest BCUT2D eigenvalue weighted by atomic mass is 10.1. The summed E-state index contributed by atoms with van der Waals surface area (Å²) < 4.78 is 44.6. The lowest BCUT2D eigenvalue weighted by Gasteiger charge is -2.22. The van der Waals surface area contributed by atoms with Gasteiger partial charge in [0.25, 0.3) is 0 Å². The molecule has 7 nitrogen and oxygen atoms in total. The van der Waals surface area contributed by atoms with Crippen molar-refractivity contribution in [2.45, 2.75) is 388 Å². The van der Waals surface area contributed by atoms with Gasteiger partial charge in [-0.05, 0) is 102 Å². The highest BCUT2D eigenvalue weighted by Gasteiger charge is 2.15. The van der Waals surface area contributed by atoms with Gasteiger partial charge in [-0.15, -0.1) is 0 Å². The molecule has 460 valence electrons. The zero-order valence-electron chi connectivity index (χ0n) is 53.1. The first kappa shape index (κ1) is 76.2. The van der Waals surface area contributed by atoms with Crippen LogP contribution in [-0.4, -0.2) is 64.8 Å². The lowest BCUT2D eigenvalue weighted by molar-refractivity contribution is -0.208. The Morgan fingerprint density at radius 1 is 0.221 bits per heavy atom. The topological polar surface area (TPSA) is 64.6 Å². The van der Waals surface area contributed by atoms with Gasteiger partial charge in [0.2, 0.25) is 0 Å². The van der Waals surface area contributed by atoms with Crippen LogP contribution in [0.3, 0.4) is 0 Å². The highest BCUT2D eigenvalue weighted by atomic mass is 16.8. The molecule has 0 spiro atoms. The standard InChI is InChI=1S/C70H138O7/c1-7-13-19-25-43-53-61-71-67(72-62-54-44-26-20-14-8-2)57-47-39-35-31-29-33-37-41-49-59-69(75-65-51-23-17-11-5)77-70(76-66-52-24-18-12-6)60-50-42-38-34-30-32-36-40-48-58-68(73-63-55-45-27-21-15-9-3)74-64-56-46-28-22-16-10-4/h49-50,59-60,67-70H,7-48,51-58,61-66H2,1-6H3. The van der Waals surface area contributed by atoms with Gasteiger partial charge in [0.1, 0.15) is 0 Å². The lowest BCUT2D eigenvalue weighted by Crippen LogP contribution is -2.25. The van der Waals surface area contributed by atoms with E-state index in [0.717, 1.165) is 104 Å². The molecule has 0 fully saturated rings. The maximum absolute atomic E-state index is 6.59. The monoisotopic (exact) mass is 1090 g/mol. The fourth-order valence-electron chi connectivity index (χ4n) is 10.0. The van der Waals surface area contributed by atoms with Gasteiger partial charge in [0.05, 0.1) is 13.2 Å². The van der Waals surface area contributed by atoms with Crippen molar-refractivity contribution in [1.82, 2.24) is 0 Å². The van der Waals surface area contributed by atoms with Gasteiger partial charge in [-0.2, -0.15) is 0 Å². The second kappa shape index (κ2) is 67.7. The first-order valence-electron chi connectivity index (χ1n) is 34.8. The van der Waals surface area contributed by atoms with Gasteiger partial charge in [-0.3, -0.25) is 0 Å². The number of hydrogen-bond acceptors (Lipinski definition) is 7. The van der Waals surface area contributed by atoms with E-state index in [2.05, 4.69) is 65.8 Å². The van der Waals surface area contributed by atoms with Gasteiger partial charge < -0.3 is 33.2 Å². The molecule has 0 aromatic carbocycles. The van der Waals surface area contributed by atoms with Crippen LogP contribution in [0.4, 0.5) is 0 Å². The Bertz CT molecular complexity index is 995. The summed E-state index contributed by atoms with van der Waals surface area (Å²) >= 11 is 0. The molecule has 0 saturated carbocycles. The van der Waals surface area contributed by atoms with Crippen molar-refractivity contribution >= 4 is 0 Å². The zero-order valence-corrected chi connectivity index (χ0v) is 53.1. The van der Waals surface area contributed by atoms with E-state index in [-0.39, 0.29) is 25.2 Å². The van der Waals surface area contributed by atoms with Crippen LogP contribution in [0.25, 0.3) is 0 Å². The Hall–Kier alpha value is -0.800. The summed E-state index contributed by atoms with van der Waals surface area (Å²) in [5.74, 6) is 0. The molecule has 0 rings (SSSR count). The van der Waals surface area contributed by atoms with Gasteiger partial charge in [0.15, 0.2) is 25.2 Å². The normalized spacial score (nSPS) is 13.0. The molecular weight excluding hydrogens is 953 g/mol. The number of ether oxygens (including phenoxy) is 7. The maximum atomic E-state index is 6.59. The second-order valence-electron chi connectivity index (χ2n) is 23.1. The van der Waals surface area contributed by atoms with Crippen molar-refractivity contribution in [3.05, 3.63) is 24.3 Å². The Labute approximate surface area is 482 Å². The number of hydrogen-bond donors (Lipinski definition) is 0. The third-order valence-electron chi connectivity index (χ3n) is 15.2. The van der Waals surface area contributed by atoms with Crippen molar-refractivity contribution in [3.63, 3.8) is 0 Å². The smallest absolute Gasteiger partial charge is 0.180 e. The molecule has 77 heavy (non-hydrogen) atoms. The third kappa shape index (κ3) is 61.1. The summed E-state index contributed by atoms with van der Waals surface area (Å²) in [6, 6.07) is 0. The van der Waals surface area contributed by atoms with Crippen LogP contribution < -0.4 is 0 Å². The quantitative estimate of drug-likeness (QED) is 0.0342. The van der Waals surface area contributed by atoms with Crippen molar-refractivity contribution in [2.75, 3.05) is 39.6 Å². The molecule has 7 heteroatoms. The molecule has 0 radical (unpaired) electrons. The minimum atomic E-state index is -0.385. The van der Waals surface area contributed by atoms with Crippen molar-refractivity contribution in [2.24, 2.45) is 0 Å². The van der Waals surface area contributed by atoms with E-state index in [1.165, 1.54) is 257 Å². The highest BCUT2D eigenvalue weighted by molar-refractivity contribution is 4.90. The summed E-state index contributed by atoms with van der Waals surface area (Å²) in [7, 11) is 0. The third-order valence-corrected chi connectivity index (χ3v) is 15.2. The Morgan fingerprint density at radius 3 is 0.701 bits per heavy atom. The average molecular weight is 1090 g/mol. The molecule has 0 aliphatic heterocycles. The summed E-state index contributed by atoms with van der Waals surface area (Å²) in [5.41, 5.74) is 0. The molecule has 0 aromatic rings. The first-order valence-corrected chi connectivity index (χ1v) is 34.8. The maximum Gasteiger partial charge on any atom is 0.180 e. The zero-order chi connectivity index (χ0) is 55.7. The van der Waals surface area contributed by atoms with Crippen LogP contribution in [0.1, 0.15) is 363 Å². The minimum Gasteiger partial charge on any atom is -0.353 e. The van der Waals surface area contributed by atoms with E-state index in [9.17, 15) is 0 Å². The van der Waals surface area contributed by atoms with Crippen LogP contribution in [0, 0.1) is 0 Å². The summed E-state index contributed by atoms with van der Waals surface area (Å²) in [6.07, 6.45) is 70.8. The Kier molecular flexibility index (Phi) is 67.0. The molecule has 0 bridgehead atoms. The number of unbranched alkanes of at least 4 members (excludes halogenated alkanes) is 40. The molecular formula is C70H138O7. The summed E-state index contributed by atoms with van der Waals surface area (Å²) in [5, 5.41) is 0. The molecule has 0 aromatic heterocycles. The minimum absolute atomic E-state index is 0.0176. The molecule has 0 aliphatic carbocycles. The van der Waals surface area contributed by atoms with E-state index >= 15 is 0 Å². The number of allylic oxidation sites excluding steroid dienone is 2. The second-order valence-corrected chi connectivity index (χ2v) is 23.1. The SMILES string of the molecule is CCCCCCCCOC(CCCCCCCCCC=CC(OCCCCCC)OC(C=CCCCCCCCCCC(OCCCCCCCC)OCCCCCCCC)OCCCCCC)OCCCCCCCC. The Balaban J connectivity index is 4.84. The summed E-state index contributed by atoms with van der Waals surface area (Å²) in [4.78, 5) is 0. The fourth-order valence-corrected chi connectivity index (χ4v) is 10.0. The summed E-state index contributed by atoms with van der Waals surface area (Å²) in [6.45, 7) is 18.5. The molecule has 2 atom stereocenters. The van der Waals surface area contributed by atoms with Crippen LogP contribution in [0.15, 0.2) is 24.3 Å². The van der Waals surface area contributed by atoms with E-state index in [1.807, 2.05) is 0 Å². The van der Waals surface area contributed by atoms with E-state index in [1.54, 1.807) is 0 Å². The van der Waals surface area contributed by atoms with Crippen LogP contribution in [0.5, 0.6) is 0 Å². The average Bonchev–Trinajstić information content (AvgIpc) is 3.43. The number of rotatable bonds is 68. The first-order chi connectivity index (χ1) is 38.1. The molecule has 0 aliphatic rings. The van der Waals surface area contributed by atoms with E-state index < -0.39 is 0 Å². The van der Waals surface area contributed by atoms with Gasteiger partial charge in [-0.25, -0.2) is 0 Å². The molecule has 2 unspecified atom stereocenters. The molecule has 0 N–H and O–H groups in total. The predicted molar refractivity (Wildman–Crippen MR) is 335 cm³/mol. The van der Waals surface area contributed by atoms with Crippen LogP contribution >= 0.6 is 0 Å². The van der Waals surface area contributed by atoms with E-state index in [0.29, 0.717) is 0 Å². The Morgan fingerprint density at radius 2 is 0.429 bits per heavy atom. The van der Waals surface area contributed by atoms with Crippen molar-refractivity contribution in [1.29, 1.82) is 0 Å². The fraction of sp³-hybridized carbons (Fsp3) is 0.943. The van der Waals surface area contributed by atoms with Gasteiger partial charge in [0, 0.05) is 26.4 Å². The van der Waals surface area contributed by atoms with E-state index in [4.69, 9.17) is 33.2 Å². The van der Waals surface area contributed by atoms with Crippen LogP contribution in [0.2, 0.25) is 0 Å². The van der Waals surface area contributed by atoms with Crippen molar-refractivity contribution < 1.29 is 33.2 Å². The van der Waals surface area contributed by atoms with Crippen molar-refractivity contribution in [3.8, 4) is 0 Å².